The monoisotopic (exact) mass is 359 g/mol. The molecule has 0 spiro atoms. The zero-order valence-corrected chi connectivity index (χ0v) is 13.2. The summed E-state index contributed by atoms with van der Waals surface area (Å²) in [4.78, 5) is 11.8. The fourth-order valence-corrected chi connectivity index (χ4v) is 7.16. The summed E-state index contributed by atoms with van der Waals surface area (Å²) in [5.74, 6) is 0.146. The Morgan fingerprint density at radius 2 is 2.12 bits per heavy atom. The van der Waals surface area contributed by atoms with E-state index in [0.29, 0.717) is 0 Å². The number of rotatable bonds is 3. The predicted octanol–water partition coefficient (Wildman–Crippen LogP) is -0.766. The van der Waals surface area contributed by atoms with Gasteiger partial charge in [-0.3, -0.25) is 0 Å². The molecule has 94 valence electrons. The molecule has 0 aromatic rings. The normalized spacial score (nSPS) is 23.7. The molecular weight excluding hydrogens is 336 g/mol. The molecule has 1 amide bonds. The molecule has 1 aliphatic heterocycles. The van der Waals surface area contributed by atoms with Gasteiger partial charge in [0.2, 0.25) is 0 Å². The van der Waals surface area contributed by atoms with Crippen molar-refractivity contribution in [3.63, 3.8) is 0 Å². The summed E-state index contributed by atoms with van der Waals surface area (Å²) in [7, 11) is 0. The number of amides is 1. The number of carbonyl (C=O) groups excluding carboxylic acids is 1. The third kappa shape index (κ3) is 6.23. The van der Waals surface area contributed by atoms with Crippen LogP contribution in [0.2, 0.25) is 10.6 Å². The average Bonchev–Trinajstić information content (AvgIpc) is 2.32. The molecule has 16 heavy (non-hydrogen) atoms. The van der Waals surface area contributed by atoms with Gasteiger partial charge in [0.1, 0.15) is 0 Å². The third-order valence-corrected chi connectivity index (χ3v) is 9.59. The van der Waals surface area contributed by atoms with E-state index in [4.69, 9.17) is 0 Å². The number of carbonyl (C=O) groups is 1. The predicted molar refractivity (Wildman–Crippen MR) is 69.1 cm³/mol. The Labute approximate surface area is 109 Å². The zero-order chi connectivity index (χ0) is 11.6. The standard InChI is InChI=1S/C10H21N3OSe2/c1-2-3-13-10(14)9-8-11-4-6-15-16-7-5-12-9/h9,11-12H,2-8H2,1H3,(H,13,14). The van der Waals surface area contributed by atoms with Gasteiger partial charge in [0.25, 0.3) is 0 Å². The first-order chi connectivity index (χ1) is 7.84. The first-order valence-electron chi connectivity index (χ1n) is 5.81. The molecule has 1 aliphatic rings. The summed E-state index contributed by atoms with van der Waals surface area (Å²) in [6.07, 6.45) is 0.998. The van der Waals surface area contributed by atoms with Gasteiger partial charge in [-0.1, -0.05) is 0 Å². The minimum atomic E-state index is -0.0482. The second kappa shape index (κ2) is 9.46. The van der Waals surface area contributed by atoms with E-state index in [-0.39, 0.29) is 11.9 Å². The Kier molecular flexibility index (Phi) is 8.57. The second-order valence-corrected chi connectivity index (χ2v) is 11.5. The number of hydrogen-bond acceptors (Lipinski definition) is 3. The molecule has 1 heterocycles. The molecule has 0 radical (unpaired) electrons. The van der Waals surface area contributed by atoms with Crippen LogP contribution in [-0.4, -0.2) is 64.4 Å². The van der Waals surface area contributed by atoms with Crippen molar-refractivity contribution in [2.24, 2.45) is 0 Å². The molecule has 6 heteroatoms. The van der Waals surface area contributed by atoms with Gasteiger partial charge >= 0.3 is 109 Å². The van der Waals surface area contributed by atoms with Crippen molar-refractivity contribution in [2.45, 2.75) is 30.0 Å². The average molecular weight is 357 g/mol. The topological polar surface area (TPSA) is 53.2 Å². The summed E-state index contributed by atoms with van der Waals surface area (Å²) in [6, 6.07) is -0.0482. The maximum atomic E-state index is 11.8. The SMILES string of the molecule is CCCNC(=O)C1CNCC[Se][Se]CCN1. The van der Waals surface area contributed by atoms with E-state index in [1.807, 2.05) is 0 Å². The first-order valence-corrected chi connectivity index (χ1v) is 12.6. The van der Waals surface area contributed by atoms with E-state index in [9.17, 15) is 4.79 Å². The summed E-state index contributed by atoms with van der Waals surface area (Å²) < 4.78 is 0. The van der Waals surface area contributed by atoms with Gasteiger partial charge < -0.3 is 0 Å². The molecule has 4 nitrogen and oxygen atoms in total. The fourth-order valence-electron chi connectivity index (χ4n) is 1.38. The Balaban J connectivity index is 2.31. The van der Waals surface area contributed by atoms with E-state index in [1.54, 1.807) is 0 Å². The Morgan fingerprint density at radius 3 is 2.88 bits per heavy atom. The first kappa shape index (κ1) is 14.5. The summed E-state index contributed by atoms with van der Waals surface area (Å²) >= 11 is 1.66. The van der Waals surface area contributed by atoms with E-state index >= 15 is 0 Å². The maximum absolute atomic E-state index is 11.8. The third-order valence-electron chi connectivity index (χ3n) is 2.24. The molecule has 1 atom stereocenters. The van der Waals surface area contributed by atoms with Gasteiger partial charge in [-0.15, -0.1) is 0 Å². The van der Waals surface area contributed by atoms with E-state index in [1.165, 1.54) is 10.6 Å². The van der Waals surface area contributed by atoms with Gasteiger partial charge in [-0.2, -0.15) is 0 Å². The summed E-state index contributed by atoms with van der Waals surface area (Å²) in [5.41, 5.74) is 0. The van der Waals surface area contributed by atoms with Crippen molar-refractivity contribution in [3.8, 4) is 0 Å². The van der Waals surface area contributed by atoms with Crippen molar-refractivity contribution in [2.75, 3.05) is 26.2 Å². The molecule has 0 aliphatic carbocycles. The fraction of sp³-hybridized carbons (Fsp3) is 0.900. The van der Waals surface area contributed by atoms with Gasteiger partial charge in [-0.05, 0) is 0 Å². The summed E-state index contributed by atoms with van der Waals surface area (Å²) in [5, 5.41) is 12.3. The van der Waals surface area contributed by atoms with Gasteiger partial charge in [0.05, 0.1) is 0 Å². The minimum absolute atomic E-state index is 0.0482. The molecular formula is C10H21N3OSe2. The zero-order valence-electron chi connectivity index (χ0n) is 9.75. The van der Waals surface area contributed by atoms with Crippen molar-refractivity contribution in [3.05, 3.63) is 0 Å². The quantitative estimate of drug-likeness (QED) is 0.582. The van der Waals surface area contributed by atoms with Crippen molar-refractivity contribution < 1.29 is 4.79 Å². The molecule has 1 saturated heterocycles. The van der Waals surface area contributed by atoms with Gasteiger partial charge in [0.15, 0.2) is 0 Å². The molecule has 0 saturated carbocycles. The second-order valence-electron chi connectivity index (χ2n) is 3.65. The van der Waals surface area contributed by atoms with Gasteiger partial charge in [0, 0.05) is 0 Å². The van der Waals surface area contributed by atoms with Crippen LogP contribution in [0.25, 0.3) is 0 Å². The molecule has 0 aromatic carbocycles. The van der Waals surface area contributed by atoms with Crippen LogP contribution in [0.15, 0.2) is 0 Å². The van der Waals surface area contributed by atoms with Crippen LogP contribution in [0.3, 0.4) is 0 Å². The van der Waals surface area contributed by atoms with E-state index in [0.717, 1.165) is 58.9 Å². The van der Waals surface area contributed by atoms with Crippen molar-refractivity contribution in [1.29, 1.82) is 0 Å². The van der Waals surface area contributed by atoms with Crippen LogP contribution in [0.5, 0.6) is 0 Å². The Morgan fingerprint density at radius 1 is 1.38 bits per heavy atom. The van der Waals surface area contributed by atoms with Crippen LogP contribution in [0.1, 0.15) is 13.3 Å². The van der Waals surface area contributed by atoms with Crippen LogP contribution in [-0.2, 0) is 4.79 Å². The van der Waals surface area contributed by atoms with E-state index < -0.39 is 0 Å². The molecule has 1 rings (SSSR count). The van der Waals surface area contributed by atoms with Crippen molar-refractivity contribution in [1.82, 2.24) is 16.0 Å². The number of nitrogens with one attached hydrogen (secondary N) is 3. The molecule has 1 unspecified atom stereocenters. The van der Waals surface area contributed by atoms with Crippen LogP contribution in [0.4, 0.5) is 0 Å². The Bertz CT molecular complexity index is 195. The summed E-state index contributed by atoms with van der Waals surface area (Å²) in [6.45, 7) is 5.68. The van der Waals surface area contributed by atoms with Crippen LogP contribution in [0, 0.1) is 0 Å². The van der Waals surface area contributed by atoms with Crippen LogP contribution >= 0.6 is 0 Å². The van der Waals surface area contributed by atoms with Gasteiger partial charge in [-0.25, -0.2) is 0 Å². The number of hydrogen-bond donors (Lipinski definition) is 3. The molecule has 1 fully saturated rings. The van der Waals surface area contributed by atoms with Crippen molar-refractivity contribution >= 4 is 32.2 Å². The van der Waals surface area contributed by atoms with Crippen LogP contribution < -0.4 is 16.0 Å². The molecule has 3 N–H and O–H groups in total. The molecule has 0 aromatic heterocycles. The Hall–Kier alpha value is 0.429. The van der Waals surface area contributed by atoms with E-state index in [2.05, 4.69) is 22.9 Å². The molecule has 0 bridgehead atoms.